The number of hydrogen-bond acceptors (Lipinski definition) is 4. The van der Waals surface area contributed by atoms with Crippen LogP contribution in [0, 0.1) is 19.7 Å². The molecule has 2 rings (SSSR count). The molecule has 2 aromatic rings. The Morgan fingerprint density at radius 3 is 2.78 bits per heavy atom. The largest absolute Gasteiger partial charge is 0.271 e. The summed E-state index contributed by atoms with van der Waals surface area (Å²) in [5.74, 6) is 5.38. The van der Waals surface area contributed by atoms with E-state index in [2.05, 4.69) is 10.4 Å². The molecule has 0 saturated carbocycles. The van der Waals surface area contributed by atoms with Crippen molar-refractivity contribution in [2.24, 2.45) is 5.84 Å². The zero-order chi connectivity index (χ0) is 13.1. The summed E-state index contributed by atoms with van der Waals surface area (Å²) in [6.45, 7) is 3.72. The summed E-state index contributed by atoms with van der Waals surface area (Å²) in [4.78, 5) is 4.41. The van der Waals surface area contributed by atoms with Crippen molar-refractivity contribution in [3.63, 3.8) is 0 Å². The second-order valence-corrected chi connectivity index (χ2v) is 5.35. The molecule has 1 aromatic carbocycles. The van der Waals surface area contributed by atoms with Crippen LogP contribution in [0.25, 0.3) is 0 Å². The molecule has 96 valence electrons. The minimum atomic E-state index is -0.195. The average Bonchev–Trinajstić information content (AvgIpc) is 2.75. The van der Waals surface area contributed by atoms with Crippen molar-refractivity contribution < 1.29 is 4.39 Å². The first-order valence-corrected chi connectivity index (χ1v) is 6.61. The number of thiazole rings is 1. The number of aryl methyl sites for hydroxylation is 2. The molecule has 0 bridgehead atoms. The lowest BCUT2D eigenvalue weighted by atomic mass is 10.0. The molecule has 0 saturated heterocycles. The lowest BCUT2D eigenvalue weighted by Gasteiger charge is -2.16. The molecule has 3 nitrogen and oxygen atoms in total. The van der Waals surface area contributed by atoms with Crippen LogP contribution in [0.3, 0.4) is 0 Å². The molecule has 0 radical (unpaired) electrons. The molecule has 1 unspecified atom stereocenters. The van der Waals surface area contributed by atoms with E-state index in [9.17, 15) is 4.39 Å². The Morgan fingerprint density at radius 1 is 1.44 bits per heavy atom. The van der Waals surface area contributed by atoms with Gasteiger partial charge in [0.1, 0.15) is 5.82 Å². The van der Waals surface area contributed by atoms with Crippen molar-refractivity contribution in [3.05, 3.63) is 51.2 Å². The van der Waals surface area contributed by atoms with Gasteiger partial charge in [-0.15, -0.1) is 11.3 Å². The second-order valence-electron chi connectivity index (χ2n) is 4.29. The smallest absolute Gasteiger partial charge is 0.126 e. The molecule has 0 amide bonds. The monoisotopic (exact) mass is 265 g/mol. The number of benzene rings is 1. The van der Waals surface area contributed by atoms with Crippen LogP contribution in [0.4, 0.5) is 4.39 Å². The number of hydrazine groups is 1. The van der Waals surface area contributed by atoms with Crippen LogP contribution < -0.4 is 11.3 Å². The van der Waals surface area contributed by atoms with Crippen molar-refractivity contribution in [2.75, 3.05) is 0 Å². The Balaban J connectivity index is 2.19. The third-order valence-electron chi connectivity index (χ3n) is 2.87. The molecule has 1 atom stereocenters. The highest BCUT2D eigenvalue weighted by Crippen LogP contribution is 2.21. The maximum atomic E-state index is 13.2. The fourth-order valence-electron chi connectivity index (χ4n) is 1.87. The minimum absolute atomic E-state index is 0.0502. The zero-order valence-corrected chi connectivity index (χ0v) is 11.2. The summed E-state index contributed by atoms with van der Waals surface area (Å²) >= 11 is 1.62. The van der Waals surface area contributed by atoms with Crippen LogP contribution >= 0.6 is 11.3 Å². The number of rotatable bonds is 4. The molecular formula is C13H16FN3S. The minimum Gasteiger partial charge on any atom is -0.271 e. The van der Waals surface area contributed by atoms with Crippen molar-refractivity contribution in [1.29, 1.82) is 0 Å². The van der Waals surface area contributed by atoms with Gasteiger partial charge in [-0.2, -0.15) is 0 Å². The molecule has 0 aliphatic rings. The van der Waals surface area contributed by atoms with Crippen molar-refractivity contribution in [2.45, 2.75) is 26.3 Å². The van der Waals surface area contributed by atoms with Crippen molar-refractivity contribution in [1.82, 2.24) is 10.4 Å². The van der Waals surface area contributed by atoms with Crippen LogP contribution in [0.2, 0.25) is 0 Å². The highest BCUT2D eigenvalue weighted by Gasteiger charge is 2.13. The predicted molar refractivity (Wildman–Crippen MR) is 71.8 cm³/mol. The molecule has 1 aromatic heterocycles. The van der Waals surface area contributed by atoms with Gasteiger partial charge in [0.2, 0.25) is 0 Å². The number of hydrogen-bond donors (Lipinski definition) is 2. The molecule has 0 aliphatic heterocycles. The fraction of sp³-hybridized carbons (Fsp3) is 0.308. The molecule has 18 heavy (non-hydrogen) atoms. The molecule has 5 heteroatoms. The molecule has 0 fully saturated rings. The summed E-state index contributed by atoms with van der Waals surface area (Å²) in [6.07, 6.45) is 0.700. The predicted octanol–water partition coefficient (Wildman–Crippen LogP) is 2.65. The van der Waals surface area contributed by atoms with Crippen LogP contribution in [-0.2, 0) is 6.42 Å². The van der Waals surface area contributed by atoms with Gasteiger partial charge in [-0.25, -0.2) is 9.37 Å². The standard InChI is InChI=1S/C13H16FN3S/c1-8-5-10(3-4-12(8)14)13(17-15)6-11-7-18-9(2)16-11/h3-5,7,13,17H,6,15H2,1-2H3. The number of halogens is 1. The third-order valence-corrected chi connectivity index (χ3v) is 3.69. The van der Waals surface area contributed by atoms with Gasteiger partial charge in [-0.3, -0.25) is 11.3 Å². The Kier molecular flexibility index (Phi) is 4.06. The Labute approximate surface area is 110 Å². The van der Waals surface area contributed by atoms with Gasteiger partial charge < -0.3 is 0 Å². The van der Waals surface area contributed by atoms with Gasteiger partial charge in [0.15, 0.2) is 0 Å². The van der Waals surface area contributed by atoms with Crippen molar-refractivity contribution in [3.8, 4) is 0 Å². The SMILES string of the molecule is Cc1nc(CC(NN)c2ccc(F)c(C)c2)cs1. The van der Waals surface area contributed by atoms with E-state index in [4.69, 9.17) is 5.84 Å². The molecular weight excluding hydrogens is 249 g/mol. The number of nitrogens with zero attached hydrogens (tertiary/aromatic N) is 1. The first-order valence-electron chi connectivity index (χ1n) is 5.73. The van der Waals surface area contributed by atoms with Gasteiger partial charge in [-0.05, 0) is 31.0 Å². The molecule has 1 heterocycles. The first kappa shape index (κ1) is 13.1. The summed E-state index contributed by atoms with van der Waals surface area (Å²) in [5, 5.41) is 3.06. The van der Waals surface area contributed by atoms with Crippen LogP contribution in [-0.4, -0.2) is 4.98 Å². The lowest BCUT2D eigenvalue weighted by molar-refractivity contribution is 0.543. The third kappa shape index (κ3) is 2.93. The van der Waals surface area contributed by atoms with E-state index in [1.807, 2.05) is 18.4 Å². The normalized spacial score (nSPS) is 12.7. The molecule has 3 N–H and O–H groups in total. The van der Waals surface area contributed by atoms with E-state index >= 15 is 0 Å². The Bertz CT molecular complexity index is 539. The fourth-order valence-corrected chi connectivity index (χ4v) is 2.49. The molecule has 0 aliphatic carbocycles. The Hall–Kier alpha value is -1.30. The van der Waals surface area contributed by atoms with E-state index in [0.29, 0.717) is 12.0 Å². The Morgan fingerprint density at radius 2 is 2.22 bits per heavy atom. The summed E-state index contributed by atoms with van der Waals surface area (Å²) in [6, 6.07) is 5.00. The summed E-state index contributed by atoms with van der Waals surface area (Å²) in [7, 11) is 0. The quantitative estimate of drug-likeness (QED) is 0.660. The lowest BCUT2D eigenvalue weighted by Crippen LogP contribution is -2.29. The van der Waals surface area contributed by atoms with Crippen LogP contribution in [0.1, 0.15) is 27.9 Å². The van der Waals surface area contributed by atoms with Gasteiger partial charge in [0, 0.05) is 11.8 Å². The van der Waals surface area contributed by atoms with E-state index in [-0.39, 0.29) is 11.9 Å². The van der Waals surface area contributed by atoms with E-state index in [1.165, 1.54) is 6.07 Å². The van der Waals surface area contributed by atoms with Crippen LogP contribution in [0.5, 0.6) is 0 Å². The van der Waals surface area contributed by atoms with Gasteiger partial charge in [0.05, 0.1) is 16.7 Å². The number of nitrogens with one attached hydrogen (secondary N) is 1. The highest BCUT2D eigenvalue weighted by atomic mass is 32.1. The topological polar surface area (TPSA) is 50.9 Å². The first-order chi connectivity index (χ1) is 8.60. The van der Waals surface area contributed by atoms with Gasteiger partial charge >= 0.3 is 0 Å². The van der Waals surface area contributed by atoms with Gasteiger partial charge in [0.25, 0.3) is 0 Å². The van der Waals surface area contributed by atoms with Crippen LogP contribution in [0.15, 0.2) is 23.6 Å². The van der Waals surface area contributed by atoms with E-state index < -0.39 is 0 Å². The molecule has 0 spiro atoms. The maximum Gasteiger partial charge on any atom is 0.126 e. The number of nitrogens with two attached hydrogens (primary N) is 1. The maximum absolute atomic E-state index is 13.2. The second kappa shape index (κ2) is 5.56. The van der Waals surface area contributed by atoms with Crippen molar-refractivity contribution >= 4 is 11.3 Å². The average molecular weight is 265 g/mol. The van der Waals surface area contributed by atoms with Gasteiger partial charge in [-0.1, -0.05) is 12.1 Å². The van der Waals surface area contributed by atoms with E-state index in [1.54, 1.807) is 24.3 Å². The number of aromatic nitrogens is 1. The summed E-state index contributed by atoms with van der Waals surface area (Å²) < 4.78 is 13.2. The van der Waals surface area contributed by atoms with E-state index in [0.717, 1.165) is 16.3 Å². The highest BCUT2D eigenvalue weighted by molar-refractivity contribution is 7.09. The summed E-state index contributed by atoms with van der Waals surface area (Å²) in [5.41, 5.74) is 5.37. The zero-order valence-electron chi connectivity index (χ0n) is 10.4.